The maximum absolute atomic E-state index is 13.0. The molecule has 3 amide bonds. The first kappa shape index (κ1) is 16.7. The molecular formula is C17H13Cl2FN2O2. The van der Waals surface area contributed by atoms with Gasteiger partial charge in [0.05, 0.1) is 16.6 Å². The maximum atomic E-state index is 13.0. The lowest BCUT2D eigenvalue weighted by Crippen LogP contribution is -2.40. The quantitative estimate of drug-likeness (QED) is 0.831. The first-order valence-corrected chi connectivity index (χ1v) is 7.91. The van der Waals surface area contributed by atoms with E-state index in [0.29, 0.717) is 21.2 Å². The summed E-state index contributed by atoms with van der Waals surface area (Å²) < 4.78 is 13.0. The lowest BCUT2D eigenvalue weighted by molar-refractivity contribution is -0.131. The van der Waals surface area contributed by atoms with E-state index >= 15 is 0 Å². The highest BCUT2D eigenvalue weighted by molar-refractivity contribution is 6.42. The van der Waals surface area contributed by atoms with Gasteiger partial charge in [0, 0.05) is 0 Å². The van der Waals surface area contributed by atoms with Crippen molar-refractivity contribution in [1.82, 2.24) is 10.2 Å². The molecule has 4 nitrogen and oxygen atoms in total. The Morgan fingerprint density at radius 3 is 2.38 bits per heavy atom. The van der Waals surface area contributed by atoms with Crippen molar-refractivity contribution in [3.63, 3.8) is 0 Å². The Bertz CT molecular complexity index is 826. The summed E-state index contributed by atoms with van der Waals surface area (Å²) in [4.78, 5) is 26.1. The van der Waals surface area contributed by atoms with Gasteiger partial charge < -0.3 is 5.32 Å². The van der Waals surface area contributed by atoms with Crippen LogP contribution in [0.3, 0.4) is 0 Å². The van der Waals surface area contributed by atoms with Crippen molar-refractivity contribution in [3.05, 3.63) is 69.5 Å². The summed E-state index contributed by atoms with van der Waals surface area (Å²) >= 11 is 11.9. The molecule has 2 aromatic carbocycles. The van der Waals surface area contributed by atoms with Crippen molar-refractivity contribution < 1.29 is 14.0 Å². The van der Waals surface area contributed by atoms with Crippen LogP contribution in [0.1, 0.15) is 18.1 Å². The van der Waals surface area contributed by atoms with E-state index in [-0.39, 0.29) is 12.4 Å². The summed E-state index contributed by atoms with van der Waals surface area (Å²) in [5.41, 5.74) is -0.0409. The van der Waals surface area contributed by atoms with E-state index in [9.17, 15) is 14.0 Å². The maximum Gasteiger partial charge on any atom is 0.325 e. The molecule has 0 saturated carbocycles. The van der Waals surface area contributed by atoms with Crippen LogP contribution in [0.2, 0.25) is 10.0 Å². The highest BCUT2D eigenvalue weighted by Crippen LogP contribution is 2.33. The van der Waals surface area contributed by atoms with E-state index < -0.39 is 17.5 Å². The molecule has 0 radical (unpaired) electrons. The van der Waals surface area contributed by atoms with Gasteiger partial charge >= 0.3 is 6.03 Å². The molecule has 0 spiro atoms. The Balaban J connectivity index is 1.90. The van der Waals surface area contributed by atoms with Gasteiger partial charge in [-0.05, 0) is 42.3 Å². The molecule has 3 rings (SSSR count). The van der Waals surface area contributed by atoms with Crippen molar-refractivity contribution in [2.24, 2.45) is 0 Å². The second-order valence-electron chi connectivity index (χ2n) is 5.70. The van der Waals surface area contributed by atoms with Crippen molar-refractivity contribution in [1.29, 1.82) is 0 Å². The molecule has 1 fully saturated rings. The molecule has 1 aliphatic heterocycles. The number of amides is 3. The topological polar surface area (TPSA) is 49.4 Å². The van der Waals surface area contributed by atoms with Crippen LogP contribution in [-0.4, -0.2) is 16.8 Å². The molecule has 0 aromatic heterocycles. The number of nitrogens with zero attached hydrogens (tertiary/aromatic N) is 1. The molecule has 0 bridgehead atoms. The van der Waals surface area contributed by atoms with Crippen molar-refractivity contribution >= 4 is 35.1 Å². The second kappa shape index (κ2) is 6.07. The van der Waals surface area contributed by atoms with E-state index in [1.165, 1.54) is 24.3 Å². The molecule has 1 aliphatic rings. The number of carbonyl (C=O) groups excluding carboxylic acids is 2. The number of urea groups is 1. The van der Waals surface area contributed by atoms with Crippen LogP contribution in [-0.2, 0) is 16.9 Å². The van der Waals surface area contributed by atoms with Crippen LogP contribution < -0.4 is 5.32 Å². The van der Waals surface area contributed by atoms with Gasteiger partial charge in [-0.15, -0.1) is 0 Å². The molecule has 124 valence electrons. The Morgan fingerprint density at radius 1 is 1.08 bits per heavy atom. The predicted octanol–water partition coefficient (Wildman–Crippen LogP) is 4.10. The van der Waals surface area contributed by atoms with Crippen molar-refractivity contribution in [3.8, 4) is 0 Å². The van der Waals surface area contributed by atoms with E-state index in [0.717, 1.165) is 4.90 Å². The Labute approximate surface area is 148 Å². The van der Waals surface area contributed by atoms with Gasteiger partial charge in [0.15, 0.2) is 0 Å². The van der Waals surface area contributed by atoms with Gasteiger partial charge in [-0.2, -0.15) is 0 Å². The van der Waals surface area contributed by atoms with E-state index in [4.69, 9.17) is 23.2 Å². The van der Waals surface area contributed by atoms with E-state index in [1.807, 2.05) is 0 Å². The SMILES string of the molecule is CC1(c2ccc(Cl)c(Cl)c2)NC(=O)N(Cc2ccc(F)cc2)C1=O. The third-order valence-corrected chi connectivity index (χ3v) is 4.76. The highest BCUT2D eigenvalue weighted by Gasteiger charge is 2.49. The van der Waals surface area contributed by atoms with Crippen LogP contribution in [0.5, 0.6) is 0 Å². The van der Waals surface area contributed by atoms with E-state index in [2.05, 4.69) is 5.32 Å². The predicted molar refractivity (Wildman–Crippen MR) is 89.3 cm³/mol. The first-order valence-electron chi connectivity index (χ1n) is 7.15. The summed E-state index contributed by atoms with van der Waals surface area (Å²) in [6, 6.07) is 9.90. The Morgan fingerprint density at radius 2 is 1.75 bits per heavy atom. The third kappa shape index (κ3) is 2.85. The minimum absolute atomic E-state index is 0.0574. The average Bonchev–Trinajstić information content (AvgIpc) is 2.76. The summed E-state index contributed by atoms with van der Waals surface area (Å²) in [6.07, 6.45) is 0. The van der Waals surface area contributed by atoms with Crippen LogP contribution in [0.25, 0.3) is 0 Å². The number of hydrogen-bond acceptors (Lipinski definition) is 2. The molecule has 1 unspecified atom stereocenters. The number of rotatable bonds is 3. The third-order valence-electron chi connectivity index (χ3n) is 4.03. The smallest absolute Gasteiger partial charge is 0.319 e. The fourth-order valence-corrected chi connectivity index (χ4v) is 2.91. The molecule has 1 atom stereocenters. The lowest BCUT2D eigenvalue weighted by Gasteiger charge is -2.22. The lowest BCUT2D eigenvalue weighted by atomic mass is 9.92. The van der Waals surface area contributed by atoms with Crippen LogP contribution >= 0.6 is 23.2 Å². The molecule has 1 N–H and O–H groups in total. The molecule has 7 heteroatoms. The standard InChI is InChI=1S/C17H13Cl2FN2O2/c1-17(11-4-7-13(18)14(19)8-11)15(23)22(16(24)21-17)9-10-2-5-12(20)6-3-10/h2-8H,9H2,1H3,(H,21,24). The normalized spacial score (nSPS) is 20.4. The number of imide groups is 1. The number of benzene rings is 2. The zero-order valence-electron chi connectivity index (χ0n) is 12.6. The number of hydrogen-bond donors (Lipinski definition) is 1. The number of carbonyl (C=O) groups is 2. The highest BCUT2D eigenvalue weighted by atomic mass is 35.5. The van der Waals surface area contributed by atoms with Gasteiger partial charge in [0.25, 0.3) is 5.91 Å². The first-order chi connectivity index (χ1) is 11.3. The van der Waals surface area contributed by atoms with Crippen molar-refractivity contribution in [2.45, 2.75) is 19.0 Å². The molecule has 1 saturated heterocycles. The summed E-state index contributed by atoms with van der Waals surface area (Å²) in [6.45, 7) is 1.67. The van der Waals surface area contributed by atoms with Gasteiger partial charge in [0.2, 0.25) is 0 Å². The van der Waals surface area contributed by atoms with Gasteiger partial charge in [-0.3, -0.25) is 9.69 Å². The molecule has 24 heavy (non-hydrogen) atoms. The summed E-state index contributed by atoms with van der Waals surface area (Å²) in [7, 11) is 0. The zero-order chi connectivity index (χ0) is 17.5. The monoisotopic (exact) mass is 366 g/mol. The fraction of sp³-hybridized carbons (Fsp3) is 0.176. The number of halogens is 3. The zero-order valence-corrected chi connectivity index (χ0v) is 14.2. The Hall–Kier alpha value is -2.11. The van der Waals surface area contributed by atoms with Gasteiger partial charge in [0.1, 0.15) is 11.4 Å². The average molecular weight is 367 g/mol. The van der Waals surface area contributed by atoms with Crippen molar-refractivity contribution in [2.75, 3.05) is 0 Å². The van der Waals surface area contributed by atoms with Crippen LogP contribution in [0.4, 0.5) is 9.18 Å². The van der Waals surface area contributed by atoms with Crippen LogP contribution in [0.15, 0.2) is 42.5 Å². The van der Waals surface area contributed by atoms with Gasteiger partial charge in [-0.25, -0.2) is 9.18 Å². The number of nitrogens with one attached hydrogen (secondary N) is 1. The van der Waals surface area contributed by atoms with Gasteiger partial charge in [-0.1, -0.05) is 41.4 Å². The second-order valence-corrected chi connectivity index (χ2v) is 6.52. The molecule has 1 heterocycles. The summed E-state index contributed by atoms with van der Waals surface area (Å²) in [5.74, 6) is -0.785. The minimum Gasteiger partial charge on any atom is -0.319 e. The van der Waals surface area contributed by atoms with E-state index in [1.54, 1.807) is 25.1 Å². The molecule has 0 aliphatic carbocycles. The summed E-state index contributed by atoms with van der Waals surface area (Å²) in [5, 5.41) is 3.35. The molecular weight excluding hydrogens is 354 g/mol. The Kier molecular flexibility index (Phi) is 4.24. The molecule has 2 aromatic rings. The van der Waals surface area contributed by atoms with Crippen LogP contribution in [0, 0.1) is 5.82 Å². The minimum atomic E-state index is -1.23. The largest absolute Gasteiger partial charge is 0.325 e. The fourth-order valence-electron chi connectivity index (χ4n) is 2.62.